The van der Waals surface area contributed by atoms with Crippen molar-refractivity contribution < 1.29 is 4.74 Å². The van der Waals surface area contributed by atoms with Crippen LogP contribution in [0.1, 0.15) is 12.1 Å². The molecule has 0 bridgehead atoms. The molecule has 1 aliphatic rings. The molecule has 8 heteroatoms. The fourth-order valence-electron chi connectivity index (χ4n) is 3.21. The highest BCUT2D eigenvalue weighted by Gasteiger charge is 2.26. The molecule has 4 heterocycles. The van der Waals surface area contributed by atoms with Gasteiger partial charge in [0.15, 0.2) is 5.96 Å². The molecule has 0 radical (unpaired) electrons. The van der Waals surface area contributed by atoms with Crippen LogP contribution in [0.3, 0.4) is 0 Å². The third kappa shape index (κ3) is 4.14. The Kier molecular flexibility index (Phi) is 5.11. The van der Waals surface area contributed by atoms with E-state index in [9.17, 15) is 0 Å². The summed E-state index contributed by atoms with van der Waals surface area (Å²) in [5, 5.41) is 4.07. The van der Waals surface area contributed by atoms with E-state index in [1.165, 1.54) is 0 Å². The van der Waals surface area contributed by atoms with Gasteiger partial charge in [0.25, 0.3) is 0 Å². The first-order chi connectivity index (χ1) is 13.2. The van der Waals surface area contributed by atoms with Crippen LogP contribution < -0.4 is 10.1 Å². The van der Waals surface area contributed by atoms with Crippen molar-refractivity contribution in [3.05, 3.63) is 59.6 Å². The van der Waals surface area contributed by atoms with Crippen LogP contribution in [0.2, 0.25) is 5.02 Å². The van der Waals surface area contributed by atoms with E-state index in [-0.39, 0.29) is 6.10 Å². The number of rotatable bonds is 4. The average molecular weight is 385 g/mol. The molecule has 0 spiro atoms. The highest BCUT2D eigenvalue weighted by molar-refractivity contribution is 6.30. The number of pyridine rings is 2. The molecular weight excluding hydrogens is 364 g/mol. The zero-order valence-corrected chi connectivity index (χ0v) is 15.8. The minimum Gasteiger partial charge on any atom is -0.472 e. The van der Waals surface area contributed by atoms with E-state index in [1.54, 1.807) is 13.2 Å². The SMILES string of the molecule is CN=C(NCc1cn2cc(Cl)ccc2n1)N1CCC(Oc2ccccn2)C1. The fourth-order valence-corrected chi connectivity index (χ4v) is 3.38. The Morgan fingerprint density at radius 2 is 2.26 bits per heavy atom. The zero-order valence-electron chi connectivity index (χ0n) is 15.0. The van der Waals surface area contributed by atoms with E-state index in [0.717, 1.165) is 36.8 Å². The number of likely N-dealkylation sites (tertiary alicyclic amines) is 1. The molecule has 1 atom stereocenters. The van der Waals surface area contributed by atoms with Gasteiger partial charge in [-0.2, -0.15) is 0 Å². The summed E-state index contributed by atoms with van der Waals surface area (Å²) >= 11 is 6.03. The quantitative estimate of drug-likeness (QED) is 0.553. The van der Waals surface area contributed by atoms with Gasteiger partial charge in [-0.3, -0.25) is 4.99 Å². The smallest absolute Gasteiger partial charge is 0.213 e. The number of fused-ring (bicyclic) bond motifs is 1. The van der Waals surface area contributed by atoms with E-state index >= 15 is 0 Å². The van der Waals surface area contributed by atoms with Crippen LogP contribution in [-0.4, -0.2) is 51.5 Å². The number of aromatic nitrogens is 3. The molecule has 4 rings (SSSR count). The Hall–Kier alpha value is -2.80. The van der Waals surface area contributed by atoms with Gasteiger partial charge >= 0.3 is 0 Å². The lowest BCUT2D eigenvalue weighted by Crippen LogP contribution is -2.40. The summed E-state index contributed by atoms with van der Waals surface area (Å²) in [4.78, 5) is 15.4. The third-order valence-electron chi connectivity index (χ3n) is 4.47. The van der Waals surface area contributed by atoms with Crippen LogP contribution in [0.4, 0.5) is 0 Å². The van der Waals surface area contributed by atoms with E-state index in [4.69, 9.17) is 16.3 Å². The highest BCUT2D eigenvalue weighted by Crippen LogP contribution is 2.16. The molecule has 0 aliphatic carbocycles. The molecule has 7 nitrogen and oxygen atoms in total. The fraction of sp³-hybridized carbons (Fsp3) is 0.316. The average Bonchev–Trinajstić information content (AvgIpc) is 3.29. The summed E-state index contributed by atoms with van der Waals surface area (Å²) in [6.07, 6.45) is 6.60. The van der Waals surface area contributed by atoms with Crippen LogP contribution in [0.25, 0.3) is 5.65 Å². The Balaban J connectivity index is 1.35. The van der Waals surface area contributed by atoms with Gasteiger partial charge in [0.1, 0.15) is 11.8 Å². The number of nitrogens with zero attached hydrogens (tertiary/aromatic N) is 5. The molecule has 1 unspecified atom stereocenters. The Labute approximate surface area is 162 Å². The van der Waals surface area contributed by atoms with E-state index in [2.05, 4.69) is 25.2 Å². The molecule has 0 aromatic carbocycles. The molecule has 3 aromatic rings. The van der Waals surface area contributed by atoms with Crippen molar-refractivity contribution in [1.29, 1.82) is 0 Å². The topological polar surface area (TPSA) is 67.0 Å². The maximum Gasteiger partial charge on any atom is 0.213 e. The number of imidazole rings is 1. The van der Waals surface area contributed by atoms with Crippen LogP contribution in [-0.2, 0) is 6.54 Å². The first kappa shape index (κ1) is 17.6. The first-order valence-electron chi connectivity index (χ1n) is 8.88. The maximum absolute atomic E-state index is 6.03. The van der Waals surface area contributed by atoms with Gasteiger partial charge in [-0.1, -0.05) is 17.7 Å². The number of nitrogens with one attached hydrogen (secondary N) is 1. The van der Waals surface area contributed by atoms with Crippen molar-refractivity contribution in [1.82, 2.24) is 24.6 Å². The summed E-state index contributed by atoms with van der Waals surface area (Å²) in [6, 6.07) is 9.43. The lowest BCUT2D eigenvalue weighted by Gasteiger charge is -2.21. The first-order valence-corrected chi connectivity index (χ1v) is 9.25. The molecule has 1 fully saturated rings. The van der Waals surface area contributed by atoms with Crippen LogP contribution in [0.5, 0.6) is 5.88 Å². The number of hydrogen-bond acceptors (Lipinski definition) is 4. The monoisotopic (exact) mass is 384 g/mol. The predicted octanol–water partition coefficient (Wildman–Crippen LogP) is 2.61. The second kappa shape index (κ2) is 7.84. The number of ether oxygens (including phenoxy) is 1. The standard InChI is InChI=1S/C19H21ClN6O/c1-21-19(23-10-15-12-26-11-14(20)5-6-17(26)24-15)25-9-7-16(13-25)27-18-4-2-3-8-22-18/h2-6,8,11-12,16H,7,9-10,13H2,1H3,(H,21,23). The Bertz CT molecular complexity index is 942. The second-order valence-electron chi connectivity index (χ2n) is 6.39. The van der Waals surface area contributed by atoms with E-state index in [0.29, 0.717) is 17.4 Å². The summed E-state index contributed by atoms with van der Waals surface area (Å²) < 4.78 is 7.88. The van der Waals surface area contributed by atoms with Gasteiger partial charge in [-0.15, -0.1) is 0 Å². The minimum atomic E-state index is 0.107. The van der Waals surface area contributed by atoms with E-state index < -0.39 is 0 Å². The second-order valence-corrected chi connectivity index (χ2v) is 6.82. The molecule has 3 aromatic heterocycles. The lowest BCUT2D eigenvalue weighted by atomic mass is 10.3. The molecule has 140 valence electrons. The van der Waals surface area contributed by atoms with Gasteiger partial charge in [-0.25, -0.2) is 9.97 Å². The van der Waals surface area contributed by atoms with Gasteiger partial charge in [0.2, 0.25) is 5.88 Å². The van der Waals surface area contributed by atoms with Crippen molar-refractivity contribution in [2.24, 2.45) is 4.99 Å². The molecule has 0 amide bonds. The minimum absolute atomic E-state index is 0.107. The highest BCUT2D eigenvalue weighted by atomic mass is 35.5. The van der Waals surface area contributed by atoms with Crippen LogP contribution in [0, 0.1) is 0 Å². The predicted molar refractivity (Wildman–Crippen MR) is 105 cm³/mol. The molecule has 1 saturated heterocycles. The maximum atomic E-state index is 6.03. The molecule has 27 heavy (non-hydrogen) atoms. The van der Waals surface area contributed by atoms with Crippen LogP contribution in [0.15, 0.2) is 53.9 Å². The van der Waals surface area contributed by atoms with Crippen molar-refractivity contribution in [3.8, 4) is 5.88 Å². The number of hydrogen-bond donors (Lipinski definition) is 1. The number of aliphatic imine (C=N–C) groups is 1. The summed E-state index contributed by atoms with van der Waals surface area (Å²) in [7, 11) is 1.79. The van der Waals surface area contributed by atoms with E-state index in [1.807, 2.05) is 47.1 Å². The zero-order chi connectivity index (χ0) is 18.6. The number of halogens is 1. The summed E-state index contributed by atoms with van der Waals surface area (Å²) in [5.74, 6) is 1.51. The summed E-state index contributed by atoms with van der Waals surface area (Å²) in [6.45, 7) is 2.25. The number of guanidine groups is 1. The lowest BCUT2D eigenvalue weighted by molar-refractivity contribution is 0.205. The van der Waals surface area contributed by atoms with Gasteiger partial charge in [0, 0.05) is 44.7 Å². The largest absolute Gasteiger partial charge is 0.472 e. The third-order valence-corrected chi connectivity index (χ3v) is 4.70. The van der Waals surface area contributed by atoms with Crippen LogP contribution >= 0.6 is 11.6 Å². The Morgan fingerprint density at radius 1 is 1.33 bits per heavy atom. The van der Waals surface area contributed by atoms with Crippen molar-refractivity contribution in [2.75, 3.05) is 20.1 Å². The van der Waals surface area contributed by atoms with Crippen molar-refractivity contribution >= 4 is 23.2 Å². The van der Waals surface area contributed by atoms with Gasteiger partial charge in [-0.05, 0) is 18.2 Å². The normalized spacial score (nSPS) is 17.5. The van der Waals surface area contributed by atoms with Gasteiger partial charge in [0.05, 0.1) is 23.8 Å². The molecule has 1 aliphatic heterocycles. The molecule has 0 saturated carbocycles. The molecule has 1 N–H and O–H groups in total. The molecular formula is C19H21ClN6O. The summed E-state index contributed by atoms with van der Waals surface area (Å²) in [5.41, 5.74) is 1.80. The van der Waals surface area contributed by atoms with Crippen molar-refractivity contribution in [2.45, 2.75) is 19.1 Å². The van der Waals surface area contributed by atoms with Gasteiger partial charge < -0.3 is 19.4 Å². The Morgan fingerprint density at radius 3 is 3.07 bits per heavy atom. The van der Waals surface area contributed by atoms with Crippen molar-refractivity contribution in [3.63, 3.8) is 0 Å².